The maximum Gasteiger partial charge on any atom is 0.289 e. The van der Waals surface area contributed by atoms with Crippen LogP contribution >= 0.6 is 0 Å². The van der Waals surface area contributed by atoms with E-state index in [9.17, 15) is 4.79 Å². The van der Waals surface area contributed by atoms with Crippen molar-refractivity contribution in [2.45, 2.75) is 6.92 Å². The molecule has 3 heterocycles. The van der Waals surface area contributed by atoms with E-state index in [1.807, 2.05) is 17.9 Å². The van der Waals surface area contributed by atoms with Crippen LogP contribution in [-0.4, -0.2) is 37.0 Å². The van der Waals surface area contributed by atoms with Gasteiger partial charge in [-0.2, -0.15) is 0 Å². The summed E-state index contributed by atoms with van der Waals surface area (Å²) >= 11 is 0. The van der Waals surface area contributed by atoms with Gasteiger partial charge < -0.3 is 14.6 Å². The number of amides is 1. The van der Waals surface area contributed by atoms with Gasteiger partial charge in [-0.3, -0.25) is 4.79 Å². The summed E-state index contributed by atoms with van der Waals surface area (Å²) in [5.41, 5.74) is 0.931. The van der Waals surface area contributed by atoms with Crippen molar-refractivity contribution in [3.63, 3.8) is 0 Å². The van der Waals surface area contributed by atoms with E-state index in [1.165, 1.54) is 0 Å². The summed E-state index contributed by atoms with van der Waals surface area (Å²) in [5.74, 6) is 1.84. The maximum atomic E-state index is 12.2. The van der Waals surface area contributed by atoms with Crippen LogP contribution in [0.5, 0.6) is 0 Å². The minimum Gasteiger partial charge on any atom is -0.459 e. The molecule has 2 aliphatic heterocycles. The standard InChI is InChI=1S/C12H16N2O2/c1-8-2-3-16-11(8)12(15)14-6-9-4-13-5-10(9)7-14/h2-3,9-10,13H,4-7H2,1H3/t9-,10+. The fourth-order valence-electron chi connectivity index (χ4n) is 2.76. The molecule has 0 saturated carbocycles. The molecule has 1 aromatic rings. The molecule has 4 heteroatoms. The number of hydrogen-bond donors (Lipinski definition) is 1. The zero-order chi connectivity index (χ0) is 11.1. The van der Waals surface area contributed by atoms with E-state index < -0.39 is 0 Å². The number of carbonyl (C=O) groups excluding carboxylic acids is 1. The minimum absolute atomic E-state index is 0.0527. The summed E-state index contributed by atoms with van der Waals surface area (Å²) in [5, 5.41) is 3.37. The molecule has 0 aromatic carbocycles. The zero-order valence-electron chi connectivity index (χ0n) is 9.40. The van der Waals surface area contributed by atoms with Crippen molar-refractivity contribution in [1.82, 2.24) is 10.2 Å². The van der Waals surface area contributed by atoms with Gasteiger partial charge in [-0.15, -0.1) is 0 Å². The van der Waals surface area contributed by atoms with Crippen LogP contribution in [0.1, 0.15) is 16.1 Å². The third-order valence-corrected chi connectivity index (χ3v) is 3.73. The highest BCUT2D eigenvalue weighted by molar-refractivity contribution is 5.93. The van der Waals surface area contributed by atoms with Gasteiger partial charge >= 0.3 is 0 Å². The predicted molar refractivity (Wildman–Crippen MR) is 59.2 cm³/mol. The summed E-state index contributed by atoms with van der Waals surface area (Å²) in [6, 6.07) is 1.84. The Balaban J connectivity index is 1.75. The monoisotopic (exact) mass is 220 g/mol. The smallest absolute Gasteiger partial charge is 0.289 e. The Morgan fingerprint density at radius 1 is 1.44 bits per heavy atom. The molecule has 1 aromatic heterocycles. The molecule has 0 bridgehead atoms. The number of likely N-dealkylation sites (tertiary alicyclic amines) is 1. The first-order chi connectivity index (χ1) is 7.75. The molecule has 0 spiro atoms. The Morgan fingerprint density at radius 2 is 2.12 bits per heavy atom. The second-order valence-corrected chi connectivity index (χ2v) is 4.82. The van der Waals surface area contributed by atoms with Crippen molar-refractivity contribution in [2.24, 2.45) is 11.8 Å². The number of aryl methyl sites for hydroxylation is 1. The number of nitrogens with one attached hydrogen (secondary N) is 1. The van der Waals surface area contributed by atoms with Crippen molar-refractivity contribution in [3.05, 3.63) is 23.7 Å². The first kappa shape index (κ1) is 9.90. The van der Waals surface area contributed by atoms with Gasteiger partial charge in [-0.05, 0) is 24.8 Å². The quantitative estimate of drug-likeness (QED) is 0.764. The number of fused-ring (bicyclic) bond motifs is 1. The molecule has 16 heavy (non-hydrogen) atoms. The van der Waals surface area contributed by atoms with Gasteiger partial charge in [-0.25, -0.2) is 0 Å². The predicted octanol–water partition coefficient (Wildman–Crippen LogP) is 0.879. The van der Waals surface area contributed by atoms with E-state index in [2.05, 4.69) is 5.32 Å². The van der Waals surface area contributed by atoms with Crippen molar-refractivity contribution in [3.8, 4) is 0 Å². The Bertz CT molecular complexity index is 401. The summed E-state index contributed by atoms with van der Waals surface area (Å²) in [6.45, 7) is 5.75. The largest absolute Gasteiger partial charge is 0.459 e. The zero-order valence-corrected chi connectivity index (χ0v) is 9.40. The van der Waals surface area contributed by atoms with Crippen LogP contribution in [0.3, 0.4) is 0 Å². The average Bonchev–Trinajstić information content (AvgIpc) is 2.89. The molecule has 86 valence electrons. The Kier molecular flexibility index (Phi) is 2.24. The van der Waals surface area contributed by atoms with Crippen LogP contribution in [0.2, 0.25) is 0 Å². The maximum absolute atomic E-state index is 12.2. The Labute approximate surface area is 94.6 Å². The lowest BCUT2D eigenvalue weighted by atomic mass is 10.0. The number of rotatable bonds is 1. The molecule has 1 N–H and O–H groups in total. The fourth-order valence-corrected chi connectivity index (χ4v) is 2.76. The molecule has 2 atom stereocenters. The molecular weight excluding hydrogens is 204 g/mol. The third kappa shape index (κ3) is 1.45. The summed E-state index contributed by atoms with van der Waals surface area (Å²) in [6.07, 6.45) is 1.58. The van der Waals surface area contributed by atoms with Gasteiger partial charge in [-0.1, -0.05) is 0 Å². The van der Waals surface area contributed by atoms with Crippen LogP contribution in [0.15, 0.2) is 16.7 Å². The SMILES string of the molecule is Cc1ccoc1C(=O)N1C[C@H]2CNC[C@H]2C1. The lowest BCUT2D eigenvalue weighted by Crippen LogP contribution is -2.31. The topological polar surface area (TPSA) is 45.5 Å². The lowest BCUT2D eigenvalue weighted by molar-refractivity contribution is 0.0749. The minimum atomic E-state index is 0.0527. The molecule has 0 aliphatic carbocycles. The highest BCUT2D eigenvalue weighted by Gasteiger charge is 2.39. The molecule has 2 aliphatic rings. The van der Waals surface area contributed by atoms with Crippen LogP contribution in [-0.2, 0) is 0 Å². The highest BCUT2D eigenvalue weighted by Crippen LogP contribution is 2.27. The van der Waals surface area contributed by atoms with E-state index in [1.54, 1.807) is 6.26 Å². The van der Waals surface area contributed by atoms with Crippen LogP contribution in [0, 0.1) is 18.8 Å². The lowest BCUT2D eigenvalue weighted by Gasteiger charge is -2.16. The van der Waals surface area contributed by atoms with Gasteiger partial charge in [0.2, 0.25) is 0 Å². The Morgan fingerprint density at radius 3 is 2.69 bits per heavy atom. The molecule has 0 radical (unpaired) electrons. The normalized spacial score (nSPS) is 28.4. The molecule has 0 unspecified atom stereocenters. The van der Waals surface area contributed by atoms with Gasteiger partial charge in [0, 0.05) is 31.7 Å². The third-order valence-electron chi connectivity index (χ3n) is 3.73. The van der Waals surface area contributed by atoms with E-state index in [0.717, 1.165) is 31.7 Å². The number of hydrogen-bond acceptors (Lipinski definition) is 3. The molecule has 3 rings (SSSR count). The van der Waals surface area contributed by atoms with E-state index in [-0.39, 0.29) is 5.91 Å². The van der Waals surface area contributed by atoms with Crippen LogP contribution < -0.4 is 5.32 Å². The van der Waals surface area contributed by atoms with Crippen LogP contribution in [0.25, 0.3) is 0 Å². The van der Waals surface area contributed by atoms with Crippen molar-refractivity contribution < 1.29 is 9.21 Å². The second kappa shape index (κ2) is 3.63. The molecule has 2 fully saturated rings. The van der Waals surface area contributed by atoms with Crippen molar-refractivity contribution >= 4 is 5.91 Å². The van der Waals surface area contributed by atoms with E-state index >= 15 is 0 Å². The molecule has 2 saturated heterocycles. The summed E-state index contributed by atoms with van der Waals surface area (Å²) in [7, 11) is 0. The summed E-state index contributed by atoms with van der Waals surface area (Å²) in [4.78, 5) is 14.1. The molecule has 4 nitrogen and oxygen atoms in total. The van der Waals surface area contributed by atoms with Crippen molar-refractivity contribution in [1.29, 1.82) is 0 Å². The van der Waals surface area contributed by atoms with Crippen LogP contribution in [0.4, 0.5) is 0 Å². The molecular formula is C12H16N2O2. The van der Waals surface area contributed by atoms with E-state index in [4.69, 9.17) is 4.42 Å². The van der Waals surface area contributed by atoms with Crippen molar-refractivity contribution in [2.75, 3.05) is 26.2 Å². The van der Waals surface area contributed by atoms with Gasteiger partial charge in [0.1, 0.15) is 0 Å². The Hall–Kier alpha value is -1.29. The van der Waals surface area contributed by atoms with Gasteiger partial charge in [0.25, 0.3) is 5.91 Å². The van der Waals surface area contributed by atoms with Gasteiger partial charge in [0.05, 0.1) is 6.26 Å². The first-order valence-electron chi connectivity index (χ1n) is 5.80. The van der Waals surface area contributed by atoms with E-state index in [0.29, 0.717) is 17.6 Å². The molecule has 1 amide bonds. The first-order valence-corrected chi connectivity index (χ1v) is 5.80. The number of furan rings is 1. The van der Waals surface area contributed by atoms with Gasteiger partial charge in [0.15, 0.2) is 5.76 Å². The highest BCUT2D eigenvalue weighted by atomic mass is 16.3. The summed E-state index contributed by atoms with van der Waals surface area (Å²) < 4.78 is 5.25. The fraction of sp³-hybridized carbons (Fsp3) is 0.583. The second-order valence-electron chi connectivity index (χ2n) is 4.82. The number of carbonyl (C=O) groups is 1. The average molecular weight is 220 g/mol. The number of nitrogens with zero attached hydrogens (tertiary/aromatic N) is 1.